The zero-order valence-corrected chi connectivity index (χ0v) is 17.5. The molecule has 6 nitrogen and oxygen atoms in total. The van der Waals surface area contributed by atoms with E-state index in [1.54, 1.807) is 73.8 Å². The Bertz CT molecular complexity index is 1530. The van der Waals surface area contributed by atoms with Crippen LogP contribution in [0.4, 0.5) is 0 Å². The van der Waals surface area contributed by atoms with Gasteiger partial charge < -0.3 is 18.3 Å². The maximum atomic E-state index is 12.5. The standard InChI is InChI=1S/C25H15ClO6/c1-29-18-6-2-14(3-7-18)20-11-15-4-8-19(13-22(15)32-24(20)27)30-25(28)23-12-16-10-17(26)5-9-21(16)31-23/h2-13H,1H3. The van der Waals surface area contributed by atoms with Gasteiger partial charge in [-0.3, -0.25) is 0 Å². The van der Waals surface area contributed by atoms with Crippen molar-refractivity contribution >= 4 is 39.5 Å². The second-order valence-electron chi connectivity index (χ2n) is 7.06. The number of halogens is 1. The Balaban J connectivity index is 1.43. The normalized spacial score (nSPS) is 11.1. The van der Waals surface area contributed by atoms with Crippen LogP contribution in [-0.2, 0) is 0 Å². The molecule has 0 saturated carbocycles. The van der Waals surface area contributed by atoms with Gasteiger partial charge in [0.15, 0.2) is 0 Å². The Morgan fingerprint density at radius 2 is 1.59 bits per heavy atom. The minimum absolute atomic E-state index is 0.0404. The summed E-state index contributed by atoms with van der Waals surface area (Å²) in [5, 5.41) is 1.92. The average Bonchev–Trinajstić information content (AvgIpc) is 3.22. The minimum atomic E-state index is -0.672. The topological polar surface area (TPSA) is 78.9 Å². The predicted molar refractivity (Wildman–Crippen MR) is 121 cm³/mol. The van der Waals surface area contributed by atoms with E-state index in [0.717, 1.165) is 0 Å². The molecule has 2 heterocycles. The fraction of sp³-hybridized carbons (Fsp3) is 0.0400. The summed E-state index contributed by atoms with van der Waals surface area (Å²) in [6.45, 7) is 0. The van der Waals surface area contributed by atoms with Crippen molar-refractivity contribution in [3.8, 4) is 22.6 Å². The van der Waals surface area contributed by atoms with Gasteiger partial charge in [-0.15, -0.1) is 0 Å². The highest BCUT2D eigenvalue weighted by molar-refractivity contribution is 6.31. The van der Waals surface area contributed by atoms with Crippen LogP contribution >= 0.6 is 11.6 Å². The van der Waals surface area contributed by atoms with Crippen LogP contribution < -0.4 is 15.1 Å². The molecule has 0 radical (unpaired) electrons. The molecule has 7 heteroatoms. The summed E-state index contributed by atoms with van der Waals surface area (Å²) in [5.74, 6) is 0.284. The largest absolute Gasteiger partial charge is 0.497 e. The SMILES string of the molecule is COc1ccc(-c2cc3ccc(OC(=O)c4cc5cc(Cl)ccc5o4)cc3oc2=O)cc1. The Morgan fingerprint density at radius 1 is 0.812 bits per heavy atom. The molecule has 0 unspecified atom stereocenters. The molecule has 5 rings (SSSR count). The molecule has 0 aliphatic carbocycles. The van der Waals surface area contributed by atoms with Crippen LogP contribution in [0.1, 0.15) is 10.6 Å². The Kier molecular flexibility index (Phi) is 4.92. The summed E-state index contributed by atoms with van der Waals surface area (Å²) < 4.78 is 21.6. The van der Waals surface area contributed by atoms with Crippen molar-refractivity contribution in [2.24, 2.45) is 0 Å². The first-order valence-corrected chi connectivity index (χ1v) is 10.0. The molecule has 158 valence electrons. The first-order valence-electron chi connectivity index (χ1n) is 9.64. The number of hydrogen-bond acceptors (Lipinski definition) is 6. The van der Waals surface area contributed by atoms with E-state index in [1.165, 1.54) is 6.07 Å². The van der Waals surface area contributed by atoms with Gasteiger partial charge in [-0.2, -0.15) is 0 Å². The number of esters is 1. The van der Waals surface area contributed by atoms with Crippen LogP contribution in [0.15, 0.2) is 86.4 Å². The molecule has 0 spiro atoms. The quantitative estimate of drug-likeness (QED) is 0.189. The van der Waals surface area contributed by atoms with Crippen LogP contribution in [0.2, 0.25) is 5.02 Å². The Morgan fingerprint density at radius 3 is 2.38 bits per heavy atom. The van der Waals surface area contributed by atoms with E-state index in [-0.39, 0.29) is 11.5 Å². The first-order chi connectivity index (χ1) is 15.5. The van der Waals surface area contributed by atoms with Gasteiger partial charge in [-0.1, -0.05) is 23.7 Å². The van der Waals surface area contributed by atoms with Gasteiger partial charge in [0, 0.05) is 21.9 Å². The molecule has 0 bridgehead atoms. The van der Waals surface area contributed by atoms with Crippen molar-refractivity contribution in [1.29, 1.82) is 0 Å². The molecule has 32 heavy (non-hydrogen) atoms. The minimum Gasteiger partial charge on any atom is -0.497 e. The lowest BCUT2D eigenvalue weighted by Gasteiger charge is -2.06. The predicted octanol–water partition coefficient (Wildman–Crippen LogP) is 6.09. The molecule has 0 fully saturated rings. The molecule has 0 amide bonds. The maximum absolute atomic E-state index is 12.5. The zero-order valence-electron chi connectivity index (χ0n) is 16.8. The van der Waals surface area contributed by atoms with E-state index in [4.69, 9.17) is 29.9 Å². The number of furan rings is 1. The number of methoxy groups -OCH3 is 1. The van der Waals surface area contributed by atoms with E-state index in [9.17, 15) is 9.59 Å². The fourth-order valence-electron chi connectivity index (χ4n) is 3.40. The number of carbonyl (C=O) groups excluding carboxylic acids is 1. The summed E-state index contributed by atoms with van der Waals surface area (Å²) in [5.41, 5.74) is 1.46. The van der Waals surface area contributed by atoms with Crippen molar-refractivity contribution in [1.82, 2.24) is 0 Å². The number of benzene rings is 3. The molecule has 0 N–H and O–H groups in total. The highest BCUT2D eigenvalue weighted by Crippen LogP contribution is 2.27. The van der Waals surface area contributed by atoms with E-state index < -0.39 is 11.6 Å². The lowest BCUT2D eigenvalue weighted by molar-refractivity contribution is 0.0704. The van der Waals surface area contributed by atoms with Gasteiger partial charge in [0.1, 0.15) is 22.7 Å². The third kappa shape index (κ3) is 3.72. The molecule has 0 saturated heterocycles. The van der Waals surface area contributed by atoms with Crippen molar-refractivity contribution in [3.05, 3.63) is 94.0 Å². The summed E-state index contributed by atoms with van der Waals surface area (Å²) >= 11 is 5.97. The number of hydrogen-bond donors (Lipinski definition) is 0. The van der Waals surface area contributed by atoms with Crippen molar-refractivity contribution in [2.45, 2.75) is 0 Å². The first kappa shape index (κ1) is 19.9. The highest BCUT2D eigenvalue weighted by atomic mass is 35.5. The van der Waals surface area contributed by atoms with E-state index >= 15 is 0 Å². The number of fused-ring (bicyclic) bond motifs is 2. The smallest absolute Gasteiger partial charge is 0.379 e. The molecule has 5 aromatic rings. The molecule has 0 atom stereocenters. The van der Waals surface area contributed by atoms with Crippen LogP contribution in [0.25, 0.3) is 33.1 Å². The van der Waals surface area contributed by atoms with Gasteiger partial charge in [-0.05, 0) is 60.2 Å². The van der Waals surface area contributed by atoms with E-state index in [0.29, 0.717) is 43.8 Å². The van der Waals surface area contributed by atoms with E-state index in [1.807, 2.05) is 0 Å². The van der Waals surface area contributed by atoms with Gasteiger partial charge in [0.25, 0.3) is 0 Å². The number of carbonyl (C=O) groups is 1. The summed E-state index contributed by atoms with van der Waals surface area (Å²) in [6, 6.07) is 20.3. The van der Waals surface area contributed by atoms with Gasteiger partial charge in [0.2, 0.25) is 5.76 Å². The summed E-state index contributed by atoms with van der Waals surface area (Å²) in [7, 11) is 1.58. The summed E-state index contributed by atoms with van der Waals surface area (Å²) in [6.07, 6.45) is 0. The van der Waals surface area contributed by atoms with Crippen LogP contribution in [0.3, 0.4) is 0 Å². The average molecular weight is 447 g/mol. The lowest BCUT2D eigenvalue weighted by Crippen LogP contribution is -2.07. The molecular weight excluding hydrogens is 432 g/mol. The van der Waals surface area contributed by atoms with E-state index in [2.05, 4.69) is 0 Å². The van der Waals surface area contributed by atoms with Crippen molar-refractivity contribution in [3.63, 3.8) is 0 Å². The third-order valence-electron chi connectivity index (χ3n) is 5.00. The lowest BCUT2D eigenvalue weighted by atomic mass is 10.1. The van der Waals surface area contributed by atoms with Gasteiger partial charge in [0.05, 0.1) is 12.7 Å². The van der Waals surface area contributed by atoms with Gasteiger partial charge >= 0.3 is 11.6 Å². The highest BCUT2D eigenvalue weighted by Gasteiger charge is 2.16. The number of rotatable bonds is 4. The fourth-order valence-corrected chi connectivity index (χ4v) is 3.58. The second kappa shape index (κ2) is 7.90. The van der Waals surface area contributed by atoms with Crippen LogP contribution in [0, 0.1) is 0 Å². The van der Waals surface area contributed by atoms with Crippen LogP contribution in [-0.4, -0.2) is 13.1 Å². The summed E-state index contributed by atoms with van der Waals surface area (Å²) in [4.78, 5) is 25.1. The molecular formula is C25H15ClO6. The Hall–Kier alpha value is -4.03. The second-order valence-corrected chi connectivity index (χ2v) is 7.49. The molecule has 2 aromatic heterocycles. The Labute approximate surface area is 186 Å². The van der Waals surface area contributed by atoms with Crippen molar-refractivity contribution < 1.29 is 23.1 Å². The third-order valence-corrected chi connectivity index (χ3v) is 5.23. The molecule has 0 aliphatic heterocycles. The monoisotopic (exact) mass is 446 g/mol. The molecule has 3 aromatic carbocycles. The zero-order chi connectivity index (χ0) is 22.2. The van der Waals surface area contributed by atoms with Gasteiger partial charge in [-0.25, -0.2) is 9.59 Å². The number of ether oxygens (including phenoxy) is 2. The van der Waals surface area contributed by atoms with Crippen LogP contribution in [0.5, 0.6) is 11.5 Å². The maximum Gasteiger partial charge on any atom is 0.379 e. The van der Waals surface area contributed by atoms with Crippen molar-refractivity contribution in [2.75, 3.05) is 7.11 Å². The molecule has 0 aliphatic rings.